The van der Waals surface area contributed by atoms with Gasteiger partial charge in [-0.2, -0.15) is 11.8 Å². The molecule has 1 saturated heterocycles. The zero-order valence-electron chi connectivity index (χ0n) is 13.7. The number of carbonyl (C=O) groups excluding carboxylic acids is 1. The minimum atomic E-state index is -3.68. The number of rotatable bonds is 8. The second kappa shape index (κ2) is 8.44. The summed E-state index contributed by atoms with van der Waals surface area (Å²) in [5.74, 6) is 1.70. The first kappa shape index (κ1) is 19.4. The molecule has 6 nitrogen and oxygen atoms in total. The van der Waals surface area contributed by atoms with Crippen LogP contribution in [0.25, 0.3) is 0 Å². The summed E-state index contributed by atoms with van der Waals surface area (Å²) in [5.41, 5.74) is -0.0959. The standard InChI is InChI=1S/C16H23NO5S2/c1-13(19)14-2-4-15(5-3-14)24(20,21)17-12-16(22-9-8-18)6-10-23-11-7-16/h2-5,17-18H,6-12H2,1H3. The van der Waals surface area contributed by atoms with Gasteiger partial charge in [0.25, 0.3) is 0 Å². The summed E-state index contributed by atoms with van der Waals surface area (Å²) in [4.78, 5) is 11.4. The van der Waals surface area contributed by atoms with E-state index in [2.05, 4.69) is 4.72 Å². The normalized spacial score (nSPS) is 17.6. The Balaban J connectivity index is 2.08. The van der Waals surface area contributed by atoms with Crippen LogP contribution < -0.4 is 4.72 Å². The maximum atomic E-state index is 12.5. The molecule has 0 radical (unpaired) electrons. The Kier molecular flexibility index (Phi) is 6.82. The van der Waals surface area contributed by atoms with Crippen LogP contribution in [0.4, 0.5) is 0 Å². The summed E-state index contributed by atoms with van der Waals surface area (Å²) < 4.78 is 33.3. The molecule has 0 spiro atoms. The third kappa shape index (κ3) is 5.03. The van der Waals surface area contributed by atoms with Gasteiger partial charge in [-0.25, -0.2) is 13.1 Å². The van der Waals surface area contributed by atoms with E-state index in [1.807, 2.05) is 11.8 Å². The Hall–Kier alpha value is -0.930. The lowest BCUT2D eigenvalue weighted by molar-refractivity contribution is -0.0591. The van der Waals surface area contributed by atoms with Crippen molar-refractivity contribution < 1.29 is 23.1 Å². The fourth-order valence-corrected chi connectivity index (χ4v) is 4.91. The van der Waals surface area contributed by atoms with Crippen molar-refractivity contribution in [1.82, 2.24) is 4.72 Å². The van der Waals surface area contributed by atoms with Crippen LogP contribution in [0.15, 0.2) is 29.2 Å². The Morgan fingerprint density at radius 2 is 1.92 bits per heavy atom. The molecule has 1 heterocycles. The molecule has 8 heteroatoms. The van der Waals surface area contributed by atoms with Crippen molar-refractivity contribution in [2.24, 2.45) is 0 Å². The minimum Gasteiger partial charge on any atom is -0.394 e. The van der Waals surface area contributed by atoms with Gasteiger partial charge in [-0.1, -0.05) is 12.1 Å². The number of aliphatic hydroxyl groups is 1. The summed E-state index contributed by atoms with van der Waals surface area (Å²) in [5, 5.41) is 8.99. The van der Waals surface area contributed by atoms with Crippen molar-refractivity contribution in [2.75, 3.05) is 31.3 Å². The number of nitrogens with one attached hydrogen (secondary N) is 1. The highest BCUT2D eigenvalue weighted by Crippen LogP contribution is 2.30. The van der Waals surface area contributed by atoms with Gasteiger partial charge in [0.05, 0.1) is 23.7 Å². The molecule has 1 aromatic rings. The molecule has 1 fully saturated rings. The fourth-order valence-electron chi connectivity index (χ4n) is 2.56. The molecule has 0 bridgehead atoms. The number of hydrogen-bond donors (Lipinski definition) is 2. The predicted molar refractivity (Wildman–Crippen MR) is 94.0 cm³/mol. The number of ether oxygens (including phenoxy) is 1. The summed E-state index contributed by atoms with van der Waals surface area (Å²) in [6, 6.07) is 5.87. The van der Waals surface area contributed by atoms with Gasteiger partial charge < -0.3 is 9.84 Å². The average Bonchev–Trinajstić information content (AvgIpc) is 2.59. The van der Waals surface area contributed by atoms with Gasteiger partial charge in [0.15, 0.2) is 5.78 Å². The van der Waals surface area contributed by atoms with Crippen LogP contribution in [0.5, 0.6) is 0 Å². The largest absolute Gasteiger partial charge is 0.394 e. The molecule has 0 aliphatic carbocycles. The molecular weight excluding hydrogens is 350 g/mol. The number of ketones is 1. The zero-order chi connectivity index (χ0) is 17.6. The minimum absolute atomic E-state index is 0.0891. The lowest BCUT2D eigenvalue weighted by Crippen LogP contribution is -2.48. The lowest BCUT2D eigenvalue weighted by atomic mass is 9.97. The van der Waals surface area contributed by atoms with E-state index in [0.29, 0.717) is 5.56 Å². The van der Waals surface area contributed by atoms with Crippen molar-refractivity contribution in [2.45, 2.75) is 30.3 Å². The molecule has 1 aliphatic heterocycles. The van der Waals surface area contributed by atoms with E-state index in [-0.39, 0.29) is 30.4 Å². The molecule has 2 rings (SSSR count). The van der Waals surface area contributed by atoms with Crippen molar-refractivity contribution >= 4 is 27.6 Å². The molecular formula is C16H23NO5S2. The third-order valence-electron chi connectivity index (χ3n) is 4.06. The average molecular weight is 373 g/mol. The lowest BCUT2D eigenvalue weighted by Gasteiger charge is -2.37. The van der Waals surface area contributed by atoms with Crippen LogP contribution in [0.1, 0.15) is 30.1 Å². The molecule has 0 aromatic heterocycles. The number of thioether (sulfide) groups is 1. The molecule has 0 unspecified atom stereocenters. The molecule has 2 N–H and O–H groups in total. The number of carbonyl (C=O) groups is 1. The first-order chi connectivity index (χ1) is 11.4. The summed E-state index contributed by atoms with van der Waals surface area (Å²) in [7, 11) is -3.68. The van der Waals surface area contributed by atoms with E-state index in [4.69, 9.17) is 9.84 Å². The molecule has 0 amide bonds. The first-order valence-electron chi connectivity index (χ1n) is 7.82. The Labute approximate surface area is 147 Å². The smallest absolute Gasteiger partial charge is 0.240 e. The molecule has 0 saturated carbocycles. The third-order valence-corrected chi connectivity index (χ3v) is 6.46. The van der Waals surface area contributed by atoms with Gasteiger partial charge in [-0.15, -0.1) is 0 Å². The van der Waals surface area contributed by atoms with Crippen LogP contribution in [-0.4, -0.2) is 56.2 Å². The second-order valence-corrected chi connectivity index (χ2v) is 8.76. The summed E-state index contributed by atoms with van der Waals surface area (Å²) >= 11 is 1.81. The van der Waals surface area contributed by atoms with Crippen molar-refractivity contribution in [1.29, 1.82) is 0 Å². The number of Topliss-reactive ketones (excluding diaryl/α,β-unsaturated/α-hetero) is 1. The first-order valence-corrected chi connectivity index (χ1v) is 10.5. The zero-order valence-corrected chi connectivity index (χ0v) is 15.3. The van der Waals surface area contributed by atoms with Crippen LogP contribution in [0, 0.1) is 0 Å². The van der Waals surface area contributed by atoms with Gasteiger partial charge in [0.1, 0.15) is 0 Å². The van der Waals surface area contributed by atoms with Crippen LogP contribution in [-0.2, 0) is 14.8 Å². The quantitative estimate of drug-likeness (QED) is 0.670. The Morgan fingerprint density at radius 1 is 1.29 bits per heavy atom. The highest BCUT2D eigenvalue weighted by atomic mass is 32.2. The highest BCUT2D eigenvalue weighted by Gasteiger charge is 2.34. The van der Waals surface area contributed by atoms with Crippen molar-refractivity contribution in [3.63, 3.8) is 0 Å². The Bertz CT molecular complexity index is 652. The molecule has 1 aliphatic rings. The summed E-state index contributed by atoms with van der Waals surface area (Å²) in [6.45, 7) is 1.71. The van der Waals surface area contributed by atoms with Gasteiger partial charge >= 0.3 is 0 Å². The molecule has 24 heavy (non-hydrogen) atoms. The van der Waals surface area contributed by atoms with E-state index < -0.39 is 15.6 Å². The fraction of sp³-hybridized carbons (Fsp3) is 0.562. The molecule has 134 valence electrons. The van der Waals surface area contributed by atoms with E-state index in [9.17, 15) is 13.2 Å². The molecule has 1 aromatic carbocycles. The summed E-state index contributed by atoms with van der Waals surface area (Å²) in [6.07, 6.45) is 1.48. The van der Waals surface area contributed by atoms with Crippen molar-refractivity contribution in [3.8, 4) is 0 Å². The SMILES string of the molecule is CC(=O)c1ccc(S(=O)(=O)NCC2(OCCO)CCSCC2)cc1. The van der Waals surface area contributed by atoms with E-state index in [1.54, 1.807) is 0 Å². The maximum absolute atomic E-state index is 12.5. The van der Waals surface area contributed by atoms with E-state index >= 15 is 0 Å². The van der Waals surface area contributed by atoms with Crippen molar-refractivity contribution in [3.05, 3.63) is 29.8 Å². The number of aliphatic hydroxyl groups excluding tert-OH is 1. The number of benzene rings is 1. The van der Waals surface area contributed by atoms with Crippen LogP contribution in [0.3, 0.4) is 0 Å². The Morgan fingerprint density at radius 3 is 2.46 bits per heavy atom. The monoisotopic (exact) mass is 373 g/mol. The highest BCUT2D eigenvalue weighted by molar-refractivity contribution is 7.99. The van der Waals surface area contributed by atoms with E-state index in [0.717, 1.165) is 24.3 Å². The second-order valence-electron chi connectivity index (χ2n) is 5.77. The number of sulfonamides is 1. The maximum Gasteiger partial charge on any atom is 0.240 e. The molecule has 0 atom stereocenters. The van der Waals surface area contributed by atoms with Gasteiger partial charge in [0.2, 0.25) is 10.0 Å². The van der Waals surface area contributed by atoms with Gasteiger partial charge in [0, 0.05) is 12.1 Å². The van der Waals surface area contributed by atoms with E-state index in [1.165, 1.54) is 31.2 Å². The predicted octanol–water partition coefficient (Wildman–Crippen LogP) is 1.44. The van der Waals surface area contributed by atoms with Crippen LogP contribution >= 0.6 is 11.8 Å². The van der Waals surface area contributed by atoms with Crippen LogP contribution in [0.2, 0.25) is 0 Å². The van der Waals surface area contributed by atoms with Gasteiger partial charge in [-0.05, 0) is 43.4 Å². The van der Waals surface area contributed by atoms with Gasteiger partial charge in [-0.3, -0.25) is 4.79 Å². The number of hydrogen-bond acceptors (Lipinski definition) is 6. The topological polar surface area (TPSA) is 92.7 Å².